The van der Waals surface area contributed by atoms with Crippen molar-refractivity contribution in [2.24, 2.45) is 5.73 Å². The Morgan fingerprint density at radius 2 is 2.05 bits per heavy atom. The molecule has 111 valence electrons. The first-order valence-electron chi connectivity index (χ1n) is 6.71. The average Bonchev–Trinajstić information content (AvgIpc) is 2.82. The molecule has 1 unspecified atom stereocenters. The van der Waals surface area contributed by atoms with Crippen LogP contribution in [0.4, 0.5) is 10.5 Å². The number of primary amides is 1. The van der Waals surface area contributed by atoms with Crippen LogP contribution in [0.1, 0.15) is 15.9 Å². The van der Waals surface area contributed by atoms with Crippen LogP contribution < -0.4 is 20.5 Å². The maximum absolute atomic E-state index is 12.1. The molecule has 1 radical (unpaired) electrons. The third kappa shape index (κ3) is 2.10. The van der Waals surface area contributed by atoms with E-state index in [2.05, 4.69) is 11.5 Å². The van der Waals surface area contributed by atoms with Crippen molar-refractivity contribution in [1.29, 1.82) is 0 Å². The van der Waals surface area contributed by atoms with Gasteiger partial charge in [0.2, 0.25) is 0 Å². The highest BCUT2D eigenvalue weighted by Crippen LogP contribution is 2.33. The lowest BCUT2D eigenvalue weighted by atomic mass is 10.1. The van der Waals surface area contributed by atoms with Gasteiger partial charge in [-0.05, 0) is 42.5 Å². The molecule has 0 spiro atoms. The summed E-state index contributed by atoms with van der Waals surface area (Å²) in [5, 5.41) is 0. The van der Waals surface area contributed by atoms with Crippen molar-refractivity contribution in [3.05, 3.63) is 59.7 Å². The van der Waals surface area contributed by atoms with E-state index in [-0.39, 0.29) is 12.5 Å². The molecule has 2 aromatic rings. The molecule has 0 aromatic heterocycles. The van der Waals surface area contributed by atoms with Gasteiger partial charge in [0, 0.05) is 11.6 Å². The van der Waals surface area contributed by atoms with Gasteiger partial charge in [0.1, 0.15) is 17.9 Å². The molecule has 0 saturated carbocycles. The molecular formula is C16H15N3O3+. The maximum Gasteiger partial charge on any atom is 0.444 e. The molecule has 6 nitrogen and oxygen atoms in total. The summed E-state index contributed by atoms with van der Waals surface area (Å²) in [6.45, 7) is 0.224. The fourth-order valence-electron chi connectivity index (χ4n) is 2.61. The van der Waals surface area contributed by atoms with Gasteiger partial charge in [0.25, 0.3) is 0 Å². The van der Waals surface area contributed by atoms with E-state index < -0.39 is 10.6 Å². The number of ether oxygens (including phenoxy) is 1. The number of methoxy groups -OCH3 is 1. The Kier molecular flexibility index (Phi) is 3.30. The molecule has 3 N–H and O–H groups in total. The summed E-state index contributed by atoms with van der Waals surface area (Å²) in [5.41, 5.74) is 10.1. The van der Waals surface area contributed by atoms with Crippen LogP contribution in [0.2, 0.25) is 0 Å². The molecule has 1 heterocycles. The summed E-state index contributed by atoms with van der Waals surface area (Å²) in [7, 11) is 1.58. The van der Waals surface area contributed by atoms with Crippen LogP contribution in [0.15, 0.2) is 42.5 Å². The molecule has 2 aromatic carbocycles. The first-order chi connectivity index (χ1) is 10.6. The van der Waals surface area contributed by atoms with Crippen LogP contribution in [0, 0.1) is 6.07 Å². The van der Waals surface area contributed by atoms with E-state index in [1.165, 1.54) is 0 Å². The largest absolute Gasteiger partial charge is 0.497 e. The number of hydrogen-bond acceptors (Lipinski definition) is 3. The average molecular weight is 297 g/mol. The van der Waals surface area contributed by atoms with Crippen LogP contribution in [0.3, 0.4) is 0 Å². The second kappa shape index (κ2) is 5.16. The molecule has 1 atom stereocenters. The Labute approximate surface area is 127 Å². The SMILES string of the molecule is COc1ccc(C[N+]2(C(N)=O)NC(=O)c3c[c]ccc32)cc1. The first kappa shape index (κ1) is 14.1. The zero-order chi connectivity index (χ0) is 15.7. The summed E-state index contributed by atoms with van der Waals surface area (Å²) in [5.74, 6) is 0.383. The van der Waals surface area contributed by atoms with E-state index in [0.717, 1.165) is 11.3 Å². The lowest BCUT2D eigenvalue weighted by Crippen LogP contribution is -2.63. The number of urea groups is 1. The fourth-order valence-corrected chi connectivity index (χ4v) is 2.61. The minimum absolute atomic E-state index is 0.224. The summed E-state index contributed by atoms with van der Waals surface area (Å²) in [6.07, 6.45) is 0. The van der Waals surface area contributed by atoms with Gasteiger partial charge in [0.15, 0.2) is 5.69 Å². The minimum Gasteiger partial charge on any atom is -0.497 e. The van der Waals surface area contributed by atoms with E-state index in [9.17, 15) is 9.59 Å². The van der Waals surface area contributed by atoms with Crippen molar-refractivity contribution in [3.8, 4) is 5.75 Å². The highest BCUT2D eigenvalue weighted by molar-refractivity contribution is 6.08. The van der Waals surface area contributed by atoms with E-state index in [0.29, 0.717) is 11.3 Å². The second-order valence-corrected chi connectivity index (χ2v) is 5.04. The number of rotatable bonds is 3. The molecule has 0 bridgehead atoms. The Morgan fingerprint density at radius 1 is 1.32 bits per heavy atom. The van der Waals surface area contributed by atoms with Gasteiger partial charge in [-0.1, -0.05) is 0 Å². The van der Waals surface area contributed by atoms with Crippen molar-refractivity contribution in [2.45, 2.75) is 6.54 Å². The number of hydrogen-bond donors (Lipinski definition) is 2. The number of fused-ring (bicyclic) bond motifs is 1. The lowest BCUT2D eigenvalue weighted by molar-refractivity contribution is 0.0878. The Bertz CT molecular complexity index is 743. The number of carbonyl (C=O) groups is 2. The number of amides is 3. The first-order valence-corrected chi connectivity index (χ1v) is 6.71. The summed E-state index contributed by atoms with van der Waals surface area (Å²) >= 11 is 0. The molecule has 1 aliphatic rings. The van der Waals surface area contributed by atoms with Gasteiger partial charge in [-0.25, -0.2) is 4.79 Å². The number of nitrogens with one attached hydrogen (secondary N) is 1. The van der Waals surface area contributed by atoms with Crippen molar-refractivity contribution >= 4 is 17.6 Å². The molecule has 3 rings (SSSR count). The quantitative estimate of drug-likeness (QED) is 0.847. The van der Waals surface area contributed by atoms with Gasteiger partial charge in [-0.15, -0.1) is 4.59 Å². The van der Waals surface area contributed by atoms with Gasteiger partial charge < -0.3 is 10.5 Å². The van der Waals surface area contributed by atoms with Crippen LogP contribution in [0.5, 0.6) is 5.75 Å². The van der Waals surface area contributed by atoms with Crippen LogP contribution in [0.25, 0.3) is 0 Å². The van der Waals surface area contributed by atoms with Crippen LogP contribution in [-0.2, 0) is 6.54 Å². The number of nitrogens with two attached hydrogens (primary N) is 1. The molecule has 0 fully saturated rings. The van der Waals surface area contributed by atoms with Gasteiger partial charge in [0.05, 0.1) is 7.11 Å². The smallest absolute Gasteiger partial charge is 0.444 e. The number of nitrogens with zero attached hydrogens (tertiary/aromatic N) is 1. The topological polar surface area (TPSA) is 81.4 Å². The molecular weight excluding hydrogens is 282 g/mol. The fraction of sp³-hybridized carbons (Fsp3) is 0.125. The minimum atomic E-state index is -0.644. The molecule has 6 heteroatoms. The molecule has 3 amide bonds. The predicted molar refractivity (Wildman–Crippen MR) is 80.8 cm³/mol. The van der Waals surface area contributed by atoms with Crippen molar-refractivity contribution < 1.29 is 14.3 Å². The van der Waals surface area contributed by atoms with E-state index in [1.54, 1.807) is 37.4 Å². The zero-order valence-corrected chi connectivity index (χ0v) is 12.0. The maximum atomic E-state index is 12.1. The normalized spacial score (nSPS) is 19.4. The predicted octanol–water partition coefficient (Wildman–Crippen LogP) is 1.74. The third-order valence-corrected chi connectivity index (χ3v) is 3.74. The monoisotopic (exact) mass is 297 g/mol. The summed E-state index contributed by atoms with van der Waals surface area (Å²) in [4.78, 5) is 24.2. The number of quaternary nitrogens is 1. The Balaban J connectivity index is 2.03. The highest BCUT2D eigenvalue weighted by atomic mass is 16.5. The molecule has 22 heavy (non-hydrogen) atoms. The van der Waals surface area contributed by atoms with Crippen molar-refractivity contribution in [1.82, 2.24) is 10.0 Å². The standard InChI is InChI=1S/C16H14N3O3/c1-22-12-8-6-11(7-9-12)10-19(16(17)21)14-5-3-2-4-13(14)15(20)18-19/h3-9H,10H2,1H3,(H2-,17,18,20,21)/p+1. The van der Waals surface area contributed by atoms with Gasteiger partial charge in [-0.3, -0.25) is 4.79 Å². The highest BCUT2D eigenvalue weighted by Gasteiger charge is 2.49. The Morgan fingerprint density at radius 3 is 2.68 bits per heavy atom. The van der Waals surface area contributed by atoms with Crippen molar-refractivity contribution in [2.75, 3.05) is 7.11 Å². The van der Waals surface area contributed by atoms with Gasteiger partial charge in [-0.2, -0.15) is 5.43 Å². The lowest BCUT2D eigenvalue weighted by Gasteiger charge is -2.27. The summed E-state index contributed by atoms with van der Waals surface area (Å²) < 4.78 is 4.68. The summed E-state index contributed by atoms with van der Waals surface area (Å²) in [6, 6.07) is 14.4. The van der Waals surface area contributed by atoms with Crippen molar-refractivity contribution in [3.63, 3.8) is 0 Å². The number of benzene rings is 2. The van der Waals surface area contributed by atoms with E-state index in [4.69, 9.17) is 10.5 Å². The van der Waals surface area contributed by atoms with E-state index in [1.807, 2.05) is 12.1 Å². The van der Waals surface area contributed by atoms with Crippen LogP contribution in [-0.4, -0.2) is 19.0 Å². The van der Waals surface area contributed by atoms with Gasteiger partial charge >= 0.3 is 11.9 Å². The molecule has 0 saturated heterocycles. The molecule has 1 aliphatic heterocycles. The molecule has 0 aliphatic carbocycles. The Hall–Kier alpha value is -2.86. The zero-order valence-electron chi connectivity index (χ0n) is 12.0. The van der Waals surface area contributed by atoms with E-state index >= 15 is 0 Å². The third-order valence-electron chi connectivity index (χ3n) is 3.74. The van der Waals surface area contributed by atoms with Crippen LogP contribution >= 0.6 is 0 Å². The number of carbonyl (C=O) groups excluding carboxylic acids is 2. The second-order valence-electron chi connectivity index (χ2n) is 5.04.